The van der Waals surface area contributed by atoms with Gasteiger partial charge in [-0.15, -0.1) is 10.2 Å². The van der Waals surface area contributed by atoms with Crippen LogP contribution in [0.3, 0.4) is 0 Å². The van der Waals surface area contributed by atoms with Crippen molar-refractivity contribution in [3.05, 3.63) is 52.4 Å². The Hall–Kier alpha value is -2.21. The van der Waals surface area contributed by atoms with Crippen LogP contribution in [0, 0.1) is 5.82 Å². The van der Waals surface area contributed by atoms with Gasteiger partial charge in [0, 0.05) is 6.54 Å². The molecule has 7 heteroatoms. The number of benzene rings is 1. The number of aromatic nitrogens is 2. The summed E-state index contributed by atoms with van der Waals surface area (Å²) in [5.41, 5.74) is 5.94. The maximum atomic E-state index is 13.0. The average molecular weight is 281 g/mol. The molecule has 19 heavy (non-hydrogen) atoms. The van der Waals surface area contributed by atoms with Gasteiger partial charge in [0.25, 0.3) is 5.91 Å². The number of hydrogen-bond donors (Lipinski definition) is 2. The number of anilines is 1. The van der Waals surface area contributed by atoms with Crippen LogP contribution in [0.25, 0.3) is 0 Å². The van der Waals surface area contributed by atoms with Crippen molar-refractivity contribution in [2.45, 2.75) is 6.54 Å². The molecule has 2 aromatic rings. The number of nitrogens with one attached hydrogen (secondary N) is 1. The molecule has 0 aliphatic heterocycles. The van der Waals surface area contributed by atoms with Crippen molar-refractivity contribution < 1.29 is 9.18 Å². The molecule has 3 N–H and O–H groups in total. The predicted molar refractivity (Wildman–Crippen MR) is 69.3 cm³/mol. The van der Waals surface area contributed by atoms with Crippen molar-refractivity contribution in [2.75, 3.05) is 5.32 Å². The van der Waals surface area contributed by atoms with E-state index in [-0.39, 0.29) is 10.7 Å². The van der Waals surface area contributed by atoms with E-state index in [0.717, 1.165) is 5.56 Å². The lowest BCUT2D eigenvalue weighted by atomic mass is 10.2. The Labute approximate surface area is 113 Å². The van der Waals surface area contributed by atoms with Gasteiger partial charge in [-0.2, -0.15) is 0 Å². The van der Waals surface area contributed by atoms with Gasteiger partial charge in [0.15, 0.2) is 5.69 Å². The highest BCUT2D eigenvalue weighted by Gasteiger charge is 2.04. The Balaban J connectivity index is 2.01. The Bertz CT molecular complexity index is 603. The maximum absolute atomic E-state index is 13.0. The van der Waals surface area contributed by atoms with Crippen LogP contribution in [-0.2, 0) is 6.54 Å². The molecule has 0 unspecified atom stereocenters. The Morgan fingerprint density at radius 2 is 2.11 bits per heavy atom. The molecule has 1 aromatic heterocycles. The smallest absolute Gasteiger partial charge is 0.269 e. The van der Waals surface area contributed by atoms with E-state index >= 15 is 0 Å². The summed E-state index contributed by atoms with van der Waals surface area (Å²) in [6.45, 7) is 0.407. The molecule has 0 fully saturated rings. The molecule has 0 bridgehead atoms. The highest BCUT2D eigenvalue weighted by molar-refractivity contribution is 6.30. The summed E-state index contributed by atoms with van der Waals surface area (Å²) >= 11 is 5.67. The average Bonchev–Trinajstić information content (AvgIpc) is 2.40. The molecule has 0 atom stereocenters. The number of halogens is 2. The number of nitrogens with two attached hydrogens (primary N) is 1. The van der Waals surface area contributed by atoms with Crippen molar-refractivity contribution in [3.63, 3.8) is 0 Å². The van der Waals surface area contributed by atoms with Gasteiger partial charge in [-0.1, -0.05) is 17.7 Å². The van der Waals surface area contributed by atoms with Gasteiger partial charge >= 0.3 is 0 Å². The van der Waals surface area contributed by atoms with Crippen molar-refractivity contribution >= 4 is 23.3 Å². The number of nitrogens with zero attached hydrogens (tertiary/aromatic N) is 2. The van der Waals surface area contributed by atoms with E-state index in [9.17, 15) is 9.18 Å². The number of carbonyl (C=O) groups is 1. The minimum atomic E-state index is -0.635. The number of amides is 1. The molecule has 1 heterocycles. The number of hydrogen-bond acceptors (Lipinski definition) is 4. The lowest BCUT2D eigenvalue weighted by Crippen LogP contribution is -2.14. The van der Waals surface area contributed by atoms with Crippen LogP contribution in [0.5, 0.6) is 0 Å². The van der Waals surface area contributed by atoms with Gasteiger partial charge in [-0.25, -0.2) is 4.39 Å². The van der Waals surface area contributed by atoms with E-state index in [1.54, 1.807) is 12.1 Å². The highest BCUT2D eigenvalue weighted by Crippen LogP contribution is 2.16. The maximum Gasteiger partial charge on any atom is 0.269 e. The van der Waals surface area contributed by atoms with Gasteiger partial charge < -0.3 is 11.1 Å². The third-order valence-electron chi connectivity index (χ3n) is 2.37. The molecule has 2 rings (SSSR count). The van der Waals surface area contributed by atoms with E-state index in [2.05, 4.69) is 15.5 Å². The van der Waals surface area contributed by atoms with Gasteiger partial charge in [-0.05, 0) is 29.8 Å². The van der Waals surface area contributed by atoms with Gasteiger partial charge in [0.05, 0.1) is 5.02 Å². The van der Waals surface area contributed by atoms with E-state index in [1.165, 1.54) is 18.2 Å². The first kappa shape index (κ1) is 13.2. The van der Waals surface area contributed by atoms with Gasteiger partial charge in [0.1, 0.15) is 11.6 Å². The first-order valence-electron chi connectivity index (χ1n) is 5.37. The highest BCUT2D eigenvalue weighted by atomic mass is 35.5. The fourth-order valence-electron chi connectivity index (χ4n) is 1.40. The summed E-state index contributed by atoms with van der Waals surface area (Å²) in [4.78, 5) is 10.8. The normalized spacial score (nSPS) is 10.2. The zero-order valence-electron chi connectivity index (χ0n) is 9.73. The largest absolute Gasteiger partial charge is 0.365 e. The molecule has 0 radical (unpaired) electrons. The lowest BCUT2D eigenvalue weighted by Gasteiger charge is -2.06. The summed E-state index contributed by atoms with van der Waals surface area (Å²) in [5, 5.41) is 10.5. The Kier molecular flexibility index (Phi) is 3.91. The summed E-state index contributed by atoms with van der Waals surface area (Å²) in [6.07, 6.45) is 0. The summed E-state index contributed by atoms with van der Waals surface area (Å²) in [6, 6.07) is 7.48. The topological polar surface area (TPSA) is 80.9 Å². The van der Waals surface area contributed by atoms with Crippen LogP contribution in [0.4, 0.5) is 10.2 Å². The summed E-state index contributed by atoms with van der Waals surface area (Å²) in [7, 11) is 0. The van der Waals surface area contributed by atoms with Crippen LogP contribution < -0.4 is 11.1 Å². The molecule has 0 spiro atoms. The molecule has 5 nitrogen and oxygen atoms in total. The Morgan fingerprint density at radius 1 is 1.32 bits per heavy atom. The van der Waals surface area contributed by atoms with Crippen LogP contribution in [-0.4, -0.2) is 16.1 Å². The van der Waals surface area contributed by atoms with Crippen molar-refractivity contribution in [1.29, 1.82) is 0 Å². The molecule has 1 aromatic carbocycles. The third kappa shape index (κ3) is 3.38. The minimum absolute atomic E-state index is 0.0643. The summed E-state index contributed by atoms with van der Waals surface area (Å²) in [5.74, 6) is -0.620. The van der Waals surface area contributed by atoms with E-state index in [0.29, 0.717) is 12.4 Å². The molecular weight excluding hydrogens is 271 g/mol. The molecule has 98 valence electrons. The molecular formula is C12H10ClFN4O. The van der Waals surface area contributed by atoms with Gasteiger partial charge in [0.2, 0.25) is 0 Å². The second-order valence-electron chi connectivity index (χ2n) is 3.77. The fraction of sp³-hybridized carbons (Fsp3) is 0.0833. The lowest BCUT2D eigenvalue weighted by molar-refractivity contribution is 0.0994. The second kappa shape index (κ2) is 5.62. The van der Waals surface area contributed by atoms with Crippen molar-refractivity contribution in [2.24, 2.45) is 5.73 Å². The van der Waals surface area contributed by atoms with Crippen molar-refractivity contribution in [1.82, 2.24) is 10.2 Å². The summed E-state index contributed by atoms with van der Waals surface area (Å²) < 4.78 is 13.0. The molecule has 0 saturated carbocycles. The molecule has 0 aliphatic rings. The second-order valence-corrected chi connectivity index (χ2v) is 4.18. The first-order valence-corrected chi connectivity index (χ1v) is 5.75. The van der Waals surface area contributed by atoms with E-state index in [4.69, 9.17) is 17.3 Å². The van der Waals surface area contributed by atoms with E-state index < -0.39 is 11.7 Å². The Morgan fingerprint density at radius 3 is 2.68 bits per heavy atom. The first-order chi connectivity index (χ1) is 9.06. The molecule has 0 saturated heterocycles. The predicted octanol–water partition coefficient (Wildman–Crippen LogP) is 1.98. The minimum Gasteiger partial charge on any atom is -0.365 e. The van der Waals surface area contributed by atoms with Gasteiger partial charge in [-0.3, -0.25) is 4.79 Å². The molecule has 0 aliphatic carbocycles. The zero-order chi connectivity index (χ0) is 13.8. The quantitative estimate of drug-likeness (QED) is 0.897. The fourth-order valence-corrected chi connectivity index (χ4v) is 1.60. The van der Waals surface area contributed by atoms with Crippen LogP contribution >= 0.6 is 11.6 Å². The number of rotatable bonds is 4. The monoisotopic (exact) mass is 280 g/mol. The van der Waals surface area contributed by atoms with Crippen LogP contribution in [0.1, 0.15) is 16.1 Å². The number of carbonyl (C=O) groups excluding carboxylic acids is 1. The SMILES string of the molecule is NC(=O)c1ccc(NCc2ccc(F)c(Cl)c2)nn1. The van der Waals surface area contributed by atoms with Crippen molar-refractivity contribution in [3.8, 4) is 0 Å². The van der Waals surface area contributed by atoms with E-state index in [1.807, 2.05) is 0 Å². The van der Waals surface area contributed by atoms with Crippen LogP contribution in [0.15, 0.2) is 30.3 Å². The zero-order valence-corrected chi connectivity index (χ0v) is 10.5. The standard InChI is InChI=1S/C12H10ClFN4O/c13-8-5-7(1-2-9(8)14)6-16-11-4-3-10(12(15)19)17-18-11/h1-5H,6H2,(H2,15,19)(H,16,18). The molecule has 1 amide bonds. The number of primary amides is 1. The third-order valence-corrected chi connectivity index (χ3v) is 2.66. The van der Waals surface area contributed by atoms with Crippen LogP contribution in [0.2, 0.25) is 5.02 Å².